The third-order valence-electron chi connectivity index (χ3n) is 5.05. The first kappa shape index (κ1) is 17.2. The summed E-state index contributed by atoms with van der Waals surface area (Å²) in [7, 11) is 0. The molecular weight excluding hydrogens is 302 g/mol. The van der Waals surface area contributed by atoms with E-state index in [9.17, 15) is 0 Å². The van der Waals surface area contributed by atoms with Crippen molar-refractivity contribution in [3.63, 3.8) is 0 Å². The molecule has 0 bridgehead atoms. The van der Waals surface area contributed by atoms with Crippen molar-refractivity contribution >= 4 is 11.6 Å². The molecule has 1 saturated carbocycles. The molecule has 24 heavy (non-hydrogen) atoms. The molecule has 132 valence electrons. The van der Waals surface area contributed by atoms with E-state index in [-0.39, 0.29) is 11.9 Å². The van der Waals surface area contributed by atoms with Crippen LogP contribution in [0.4, 0.5) is 5.69 Å². The van der Waals surface area contributed by atoms with Gasteiger partial charge in [-0.15, -0.1) is 0 Å². The van der Waals surface area contributed by atoms with Crippen LogP contribution in [0.25, 0.3) is 0 Å². The summed E-state index contributed by atoms with van der Waals surface area (Å²) < 4.78 is 12.1. The monoisotopic (exact) mass is 331 g/mol. The number of nitrogens with two attached hydrogens (primary N) is 1. The second-order valence-corrected chi connectivity index (χ2v) is 7.05. The highest BCUT2D eigenvalue weighted by atomic mass is 16.7. The third kappa shape index (κ3) is 4.28. The lowest BCUT2D eigenvalue weighted by Gasteiger charge is -2.34. The maximum Gasteiger partial charge on any atom is 0.193 e. The Bertz CT molecular complexity index is 562. The van der Waals surface area contributed by atoms with Gasteiger partial charge in [-0.1, -0.05) is 26.0 Å². The lowest BCUT2D eigenvalue weighted by Crippen LogP contribution is -2.35. The summed E-state index contributed by atoms with van der Waals surface area (Å²) in [6.07, 6.45) is 5.36. The van der Waals surface area contributed by atoms with Crippen LogP contribution in [0, 0.1) is 5.92 Å². The molecule has 1 aliphatic heterocycles. The van der Waals surface area contributed by atoms with Gasteiger partial charge in [-0.25, -0.2) is 0 Å². The fourth-order valence-electron chi connectivity index (χ4n) is 3.38. The van der Waals surface area contributed by atoms with E-state index in [0.29, 0.717) is 19.1 Å². The van der Waals surface area contributed by atoms with E-state index in [4.69, 9.17) is 15.2 Å². The molecule has 1 aliphatic carbocycles. The van der Waals surface area contributed by atoms with Crippen molar-refractivity contribution in [1.29, 1.82) is 0 Å². The summed E-state index contributed by atoms with van der Waals surface area (Å²) in [5.41, 5.74) is 8.24. The fraction of sp³-hybridized carbons (Fsp3) is 0.632. The number of anilines is 1. The smallest absolute Gasteiger partial charge is 0.193 e. The molecule has 3 N–H and O–H groups in total. The quantitative estimate of drug-likeness (QED) is 0.656. The number of hydrogen-bond acceptors (Lipinski definition) is 3. The van der Waals surface area contributed by atoms with Crippen molar-refractivity contribution < 1.29 is 9.47 Å². The van der Waals surface area contributed by atoms with Crippen molar-refractivity contribution in [2.75, 3.05) is 18.5 Å². The molecule has 1 aromatic carbocycles. The number of aliphatic imine (C=N–C) groups is 1. The van der Waals surface area contributed by atoms with Crippen LogP contribution in [0.5, 0.6) is 0 Å². The van der Waals surface area contributed by atoms with E-state index in [1.54, 1.807) is 0 Å². The second kappa shape index (κ2) is 7.53. The lowest BCUT2D eigenvalue weighted by atomic mass is 9.86. The van der Waals surface area contributed by atoms with Crippen LogP contribution in [0.15, 0.2) is 29.3 Å². The average molecular weight is 331 g/mol. The predicted molar refractivity (Wildman–Crippen MR) is 97.1 cm³/mol. The first-order valence-corrected chi connectivity index (χ1v) is 9.06. The molecule has 1 atom stereocenters. The van der Waals surface area contributed by atoms with Crippen molar-refractivity contribution in [2.45, 2.75) is 57.8 Å². The molecule has 5 nitrogen and oxygen atoms in total. The van der Waals surface area contributed by atoms with E-state index in [2.05, 4.69) is 36.3 Å². The molecule has 1 heterocycles. The molecular formula is C19H29N3O2. The van der Waals surface area contributed by atoms with Gasteiger partial charge in [0.1, 0.15) is 6.10 Å². The van der Waals surface area contributed by atoms with E-state index in [1.165, 1.54) is 18.4 Å². The van der Waals surface area contributed by atoms with Gasteiger partial charge in [0.05, 0.1) is 13.2 Å². The zero-order valence-corrected chi connectivity index (χ0v) is 14.8. The van der Waals surface area contributed by atoms with Gasteiger partial charge < -0.3 is 20.5 Å². The number of nitrogens with zero attached hydrogens (tertiary/aromatic N) is 1. The Labute approximate surface area is 144 Å². The number of nitrogens with one attached hydrogen (secondary N) is 1. The highest BCUT2D eigenvalue weighted by molar-refractivity contribution is 5.92. The third-order valence-corrected chi connectivity index (χ3v) is 5.05. The van der Waals surface area contributed by atoms with Crippen molar-refractivity contribution in [2.24, 2.45) is 16.6 Å². The summed E-state index contributed by atoms with van der Waals surface area (Å²) >= 11 is 0. The lowest BCUT2D eigenvalue weighted by molar-refractivity contribution is -0.190. The standard InChI is InChI=1S/C19H29N3O2/c1-3-15-4-6-16(7-5-15)22-18(20)21-12-17-13-23-19(24-17)10-8-14(2)9-11-19/h4-7,14,17H,3,8-13H2,1-2H3,(H3,20,21,22). The molecule has 1 unspecified atom stereocenters. The van der Waals surface area contributed by atoms with Crippen LogP contribution in [-0.2, 0) is 15.9 Å². The Hall–Kier alpha value is -1.59. The van der Waals surface area contributed by atoms with Crippen LogP contribution in [0.1, 0.15) is 45.1 Å². The van der Waals surface area contributed by atoms with Crippen LogP contribution >= 0.6 is 0 Å². The average Bonchev–Trinajstić information content (AvgIpc) is 3.00. The Kier molecular flexibility index (Phi) is 5.41. The number of guanidine groups is 1. The van der Waals surface area contributed by atoms with Crippen LogP contribution < -0.4 is 11.1 Å². The van der Waals surface area contributed by atoms with Gasteiger partial charge in [0, 0.05) is 18.5 Å². The summed E-state index contributed by atoms with van der Waals surface area (Å²) in [4.78, 5) is 4.42. The highest BCUT2D eigenvalue weighted by Crippen LogP contribution is 2.39. The maximum atomic E-state index is 6.16. The predicted octanol–water partition coefficient (Wildman–Crippen LogP) is 3.30. The Morgan fingerprint density at radius 2 is 2.00 bits per heavy atom. The van der Waals surface area contributed by atoms with Crippen LogP contribution in [0.3, 0.4) is 0 Å². The zero-order chi connectivity index (χ0) is 17.0. The molecule has 3 rings (SSSR count). The summed E-state index contributed by atoms with van der Waals surface area (Å²) in [5, 5.41) is 3.13. The molecule has 0 radical (unpaired) electrons. The van der Waals surface area contributed by atoms with Gasteiger partial charge >= 0.3 is 0 Å². The van der Waals surface area contributed by atoms with Crippen molar-refractivity contribution in [3.05, 3.63) is 29.8 Å². The molecule has 2 fully saturated rings. The molecule has 2 aliphatic rings. The van der Waals surface area contributed by atoms with Crippen molar-refractivity contribution in [1.82, 2.24) is 0 Å². The second-order valence-electron chi connectivity index (χ2n) is 7.05. The summed E-state index contributed by atoms with van der Waals surface area (Å²) in [5.74, 6) is 0.838. The molecule has 0 amide bonds. The van der Waals surface area contributed by atoms with E-state index < -0.39 is 0 Å². The van der Waals surface area contributed by atoms with Gasteiger partial charge in [-0.05, 0) is 42.9 Å². The highest BCUT2D eigenvalue weighted by Gasteiger charge is 2.43. The van der Waals surface area contributed by atoms with Gasteiger partial charge in [0.15, 0.2) is 11.7 Å². The molecule has 1 aromatic rings. The Morgan fingerprint density at radius 3 is 2.67 bits per heavy atom. The molecule has 5 heteroatoms. The number of aryl methyl sites for hydroxylation is 1. The number of ether oxygens (including phenoxy) is 2. The molecule has 0 aromatic heterocycles. The van der Waals surface area contributed by atoms with Crippen LogP contribution in [0.2, 0.25) is 0 Å². The summed E-state index contributed by atoms with van der Waals surface area (Å²) in [6, 6.07) is 8.23. The van der Waals surface area contributed by atoms with E-state index in [0.717, 1.165) is 30.9 Å². The largest absolute Gasteiger partial charge is 0.370 e. The van der Waals surface area contributed by atoms with E-state index in [1.807, 2.05) is 12.1 Å². The minimum absolute atomic E-state index is 0.00113. The van der Waals surface area contributed by atoms with Gasteiger partial charge in [0.2, 0.25) is 0 Å². The zero-order valence-electron chi connectivity index (χ0n) is 14.8. The first-order valence-electron chi connectivity index (χ1n) is 9.06. The van der Waals surface area contributed by atoms with E-state index >= 15 is 0 Å². The maximum absolute atomic E-state index is 6.16. The number of benzene rings is 1. The normalized spacial score (nSPS) is 30.7. The van der Waals surface area contributed by atoms with Gasteiger partial charge in [0.25, 0.3) is 0 Å². The topological polar surface area (TPSA) is 68.9 Å². The van der Waals surface area contributed by atoms with Crippen molar-refractivity contribution in [3.8, 4) is 0 Å². The van der Waals surface area contributed by atoms with Gasteiger partial charge in [-0.2, -0.15) is 0 Å². The van der Waals surface area contributed by atoms with Gasteiger partial charge in [-0.3, -0.25) is 4.99 Å². The minimum Gasteiger partial charge on any atom is -0.370 e. The SMILES string of the molecule is CCc1ccc(NC(N)=NCC2COC3(CCC(C)CC3)O2)cc1. The summed E-state index contributed by atoms with van der Waals surface area (Å²) in [6.45, 7) is 5.57. The Balaban J connectivity index is 1.48. The fourth-order valence-corrected chi connectivity index (χ4v) is 3.38. The Morgan fingerprint density at radius 1 is 1.29 bits per heavy atom. The minimum atomic E-state index is -0.356. The number of hydrogen-bond donors (Lipinski definition) is 2. The molecule has 1 saturated heterocycles. The van der Waals surface area contributed by atoms with Crippen LogP contribution in [-0.4, -0.2) is 31.0 Å². The number of rotatable bonds is 4. The molecule has 1 spiro atoms. The first-order chi connectivity index (χ1) is 11.6.